The molecule has 132 valence electrons. The molecule has 0 bridgehead atoms. The van der Waals surface area contributed by atoms with Crippen LogP contribution in [0.25, 0.3) is 10.2 Å². The first-order chi connectivity index (χ1) is 12.7. The van der Waals surface area contributed by atoms with Crippen LogP contribution in [0.5, 0.6) is 0 Å². The van der Waals surface area contributed by atoms with E-state index in [1.54, 1.807) is 28.8 Å². The average molecular weight is 384 g/mol. The Balaban J connectivity index is 1.42. The van der Waals surface area contributed by atoms with Crippen LogP contribution in [0, 0.1) is 0 Å². The van der Waals surface area contributed by atoms with E-state index >= 15 is 0 Å². The van der Waals surface area contributed by atoms with E-state index in [-0.39, 0.29) is 18.5 Å². The number of nitrogens with zero attached hydrogens (tertiary/aromatic N) is 2. The minimum atomic E-state index is -0.554. The molecule has 0 aliphatic carbocycles. The van der Waals surface area contributed by atoms with Crippen molar-refractivity contribution in [1.29, 1.82) is 0 Å². The fraction of sp³-hybridized carbons (Fsp3) is 0.211. The van der Waals surface area contributed by atoms with Gasteiger partial charge in [-0.25, -0.2) is 9.78 Å². The number of rotatable bonds is 4. The summed E-state index contributed by atoms with van der Waals surface area (Å²) >= 11 is 3.07. The Bertz CT molecular complexity index is 909. The fourth-order valence-electron chi connectivity index (χ4n) is 2.80. The summed E-state index contributed by atoms with van der Waals surface area (Å²) in [6.07, 6.45) is 0. The van der Waals surface area contributed by atoms with Crippen molar-refractivity contribution in [2.45, 2.75) is 12.6 Å². The zero-order chi connectivity index (χ0) is 17.9. The van der Waals surface area contributed by atoms with Crippen LogP contribution in [0.4, 0.5) is 0 Å². The van der Waals surface area contributed by atoms with E-state index in [0.717, 1.165) is 15.2 Å². The monoisotopic (exact) mass is 384 g/mol. The summed E-state index contributed by atoms with van der Waals surface area (Å²) < 4.78 is 6.53. The van der Waals surface area contributed by atoms with Crippen LogP contribution in [0.2, 0.25) is 0 Å². The molecule has 1 amide bonds. The van der Waals surface area contributed by atoms with Gasteiger partial charge in [0.05, 0.1) is 16.1 Å². The number of amides is 1. The molecule has 0 radical (unpaired) electrons. The molecule has 1 saturated heterocycles. The summed E-state index contributed by atoms with van der Waals surface area (Å²) in [7, 11) is 0. The van der Waals surface area contributed by atoms with Crippen LogP contribution in [0.3, 0.4) is 0 Å². The second-order valence-electron chi connectivity index (χ2n) is 5.84. The van der Waals surface area contributed by atoms with Crippen molar-refractivity contribution in [3.8, 4) is 0 Å². The summed E-state index contributed by atoms with van der Waals surface area (Å²) in [4.78, 5) is 31.2. The van der Waals surface area contributed by atoms with E-state index in [1.165, 1.54) is 11.3 Å². The number of fused-ring (bicyclic) bond motifs is 1. The predicted octanol–water partition coefficient (Wildman–Crippen LogP) is 3.55. The number of aromatic nitrogens is 1. The first-order valence-corrected chi connectivity index (χ1v) is 10.1. The molecule has 0 spiro atoms. The highest BCUT2D eigenvalue weighted by Crippen LogP contribution is 2.26. The molecule has 0 saturated carbocycles. The number of hydrogen-bond donors (Lipinski definition) is 0. The third-order valence-corrected chi connectivity index (χ3v) is 6.13. The Hall–Kier alpha value is -2.38. The van der Waals surface area contributed by atoms with E-state index in [4.69, 9.17) is 4.74 Å². The molecule has 4 rings (SSSR count). The van der Waals surface area contributed by atoms with Gasteiger partial charge < -0.3 is 9.64 Å². The Morgan fingerprint density at radius 3 is 2.69 bits per heavy atom. The smallest absolute Gasteiger partial charge is 0.330 e. The minimum Gasteiger partial charge on any atom is -0.457 e. The van der Waals surface area contributed by atoms with Gasteiger partial charge in [0, 0.05) is 11.3 Å². The number of thiazole rings is 1. The summed E-state index contributed by atoms with van der Waals surface area (Å²) in [5.74, 6) is 0.530. The van der Waals surface area contributed by atoms with E-state index in [9.17, 15) is 9.59 Å². The number of esters is 1. The number of para-hydroxylation sites is 1. The normalized spacial score (nSPS) is 16.8. The van der Waals surface area contributed by atoms with Gasteiger partial charge in [0.1, 0.15) is 17.7 Å². The first kappa shape index (κ1) is 17.1. The molecular formula is C19H16N2O3S2. The number of hydrogen-bond acceptors (Lipinski definition) is 6. The van der Waals surface area contributed by atoms with E-state index in [2.05, 4.69) is 4.98 Å². The highest BCUT2D eigenvalue weighted by molar-refractivity contribution is 7.99. The van der Waals surface area contributed by atoms with Crippen LogP contribution in [-0.2, 0) is 16.1 Å². The fourth-order valence-corrected chi connectivity index (χ4v) is 4.81. The molecular weight excluding hydrogens is 368 g/mol. The highest BCUT2D eigenvalue weighted by Gasteiger charge is 2.36. The van der Waals surface area contributed by atoms with Gasteiger partial charge in [-0.15, -0.1) is 23.1 Å². The molecule has 2 heterocycles. The van der Waals surface area contributed by atoms with Gasteiger partial charge >= 0.3 is 5.97 Å². The third-order valence-electron chi connectivity index (χ3n) is 4.11. The molecule has 1 fully saturated rings. The predicted molar refractivity (Wildman–Crippen MR) is 103 cm³/mol. The minimum absolute atomic E-state index is 0.132. The van der Waals surface area contributed by atoms with Crippen LogP contribution in [0.15, 0.2) is 54.6 Å². The Labute approximate surface area is 159 Å². The summed E-state index contributed by atoms with van der Waals surface area (Å²) in [5, 5.41) is 0.756. The number of thioether (sulfide) groups is 1. The molecule has 1 aliphatic rings. The van der Waals surface area contributed by atoms with Crippen molar-refractivity contribution < 1.29 is 14.3 Å². The zero-order valence-electron chi connectivity index (χ0n) is 13.8. The largest absolute Gasteiger partial charge is 0.457 e. The van der Waals surface area contributed by atoms with Crippen molar-refractivity contribution in [2.75, 3.05) is 11.6 Å². The maximum Gasteiger partial charge on any atom is 0.330 e. The Morgan fingerprint density at radius 2 is 1.88 bits per heavy atom. The lowest BCUT2D eigenvalue weighted by molar-refractivity contribution is -0.149. The van der Waals surface area contributed by atoms with Gasteiger partial charge in [-0.3, -0.25) is 4.79 Å². The van der Waals surface area contributed by atoms with E-state index in [0.29, 0.717) is 17.2 Å². The topological polar surface area (TPSA) is 59.5 Å². The average Bonchev–Trinajstić information content (AvgIpc) is 3.33. The zero-order valence-corrected chi connectivity index (χ0v) is 15.5. The van der Waals surface area contributed by atoms with Gasteiger partial charge in [-0.1, -0.05) is 30.3 Å². The van der Waals surface area contributed by atoms with E-state index in [1.807, 2.05) is 42.5 Å². The van der Waals surface area contributed by atoms with Gasteiger partial charge in [0.25, 0.3) is 5.91 Å². The molecule has 1 aromatic heterocycles. The molecule has 2 aromatic carbocycles. The molecule has 7 heteroatoms. The summed E-state index contributed by atoms with van der Waals surface area (Å²) in [5.41, 5.74) is 1.49. The lowest BCUT2D eigenvalue weighted by atomic mass is 10.2. The molecule has 3 aromatic rings. The lowest BCUT2D eigenvalue weighted by Crippen LogP contribution is -2.42. The van der Waals surface area contributed by atoms with Crippen molar-refractivity contribution >= 4 is 45.2 Å². The molecule has 0 unspecified atom stereocenters. The van der Waals surface area contributed by atoms with Crippen LogP contribution in [0.1, 0.15) is 15.4 Å². The van der Waals surface area contributed by atoms with Crippen LogP contribution < -0.4 is 0 Å². The van der Waals surface area contributed by atoms with Crippen molar-refractivity contribution in [3.63, 3.8) is 0 Å². The Morgan fingerprint density at radius 1 is 1.12 bits per heavy atom. The van der Waals surface area contributed by atoms with E-state index < -0.39 is 6.04 Å². The molecule has 1 atom stereocenters. The maximum atomic E-state index is 12.6. The van der Waals surface area contributed by atoms with Gasteiger partial charge in [0.2, 0.25) is 0 Å². The second-order valence-corrected chi connectivity index (χ2v) is 7.95. The summed E-state index contributed by atoms with van der Waals surface area (Å²) in [6, 6.07) is 16.3. The van der Waals surface area contributed by atoms with Gasteiger partial charge in [0.15, 0.2) is 0 Å². The number of ether oxygens (including phenoxy) is 1. The van der Waals surface area contributed by atoms with Crippen molar-refractivity contribution in [2.24, 2.45) is 0 Å². The van der Waals surface area contributed by atoms with Gasteiger partial charge in [-0.05, 0) is 24.3 Å². The SMILES string of the molecule is O=C(OCc1nc2ccccc2s1)[C@@H]1CSCN1C(=O)c1ccccc1. The molecule has 1 aliphatic heterocycles. The van der Waals surface area contributed by atoms with Gasteiger partial charge in [-0.2, -0.15) is 0 Å². The Kier molecular flexibility index (Phi) is 4.90. The van der Waals surface area contributed by atoms with Crippen LogP contribution >= 0.6 is 23.1 Å². The quantitative estimate of drug-likeness (QED) is 0.644. The molecule has 0 N–H and O–H groups in total. The van der Waals surface area contributed by atoms with Crippen LogP contribution in [-0.4, -0.2) is 39.4 Å². The third kappa shape index (κ3) is 3.45. The highest BCUT2D eigenvalue weighted by atomic mass is 32.2. The van der Waals surface area contributed by atoms with Crippen molar-refractivity contribution in [1.82, 2.24) is 9.88 Å². The maximum absolute atomic E-state index is 12.6. The lowest BCUT2D eigenvalue weighted by Gasteiger charge is -2.22. The number of carbonyl (C=O) groups is 2. The number of benzene rings is 2. The number of carbonyl (C=O) groups excluding carboxylic acids is 2. The summed E-state index contributed by atoms with van der Waals surface area (Å²) in [6.45, 7) is 0.132. The molecule has 26 heavy (non-hydrogen) atoms. The van der Waals surface area contributed by atoms with Crippen molar-refractivity contribution in [3.05, 3.63) is 65.2 Å². The molecule has 5 nitrogen and oxygen atoms in total. The standard InChI is InChI=1S/C19H16N2O3S2/c22-18(13-6-2-1-3-7-13)21-12-25-11-15(21)19(23)24-10-17-20-14-8-4-5-9-16(14)26-17/h1-9,15H,10-12H2/t15-/m0/s1. The first-order valence-electron chi connectivity index (χ1n) is 8.17. The second kappa shape index (κ2) is 7.47.